The SMILES string of the molecule is CC.CC(=O)N(CC(=O)C1CCC(CN2C(=O)C=CC2=O)CC1)C(C)=O. The van der Waals surface area contributed by atoms with Gasteiger partial charge in [0.15, 0.2) is 5.78 Å². The van der Waals surface area contributed by atoms with E-state index in [1.165, 1.54) is 30.9 Å². The van der Waals surface area contributed by atoms with E-state index in [0.29, 0.717) is 19.4 Å². The largest absolute Gasteiger partial charge is 0.297 e. The van der Waals surface area contributed by atoms with E-state index in [0.717, 1.165) is 17.7 Å². The molecule has 2 aliphatic rings. The molecule has 7 heteroatoms. The van der Waals surface area contributed by atoms with E-state index in [4.69, 9.17) is 0 Å². The molecule has 1 fully saturated rings. The molecule has 2 rings (SSSR count). The fraction of sp³-hybridized carbons (Fsp3) is 0.632. The Morgan fingerprint density at radius 2 is 1.42 bits per heavy atom. The molecule has 0 saturated heterocycles. The number of hydrogen-bond donors (Lipinski definition) is 0. The zero-order valence-corrected chi connectivity index (χ0v) is 16.0. The number of Topliss-reactive ketones (excluding diaryl/α,β-unsaturated/α-hetero) is 1. The van der Waals surface area contributed by atoms with E-state index in [-0.39, 0.29) is 36.0 Å². The van der Waals surface area contributed by atoms with Gasteiger partial charge in [-0.15, -0.1) is 0 Å². The highest BCUT2D eigenvalue weighted by Crippen LogP contribution is 2.30. The zero-order valence-electron chi connectivity index (χ0n) is 16.0. The van der Waals surface area contributed by atoms with Crippen molar-refractivity contribution in [3.63, 3.8) is 0 Å². The van der Waals surface area contributed by atoms with Gasteiger partial charge in [-0.05, 0) is 31.6 Å². The van der Waals surface area contributed by atoms with Crippen molar-refractivity contribution in [3.05, 3.63) is 12.2 Å². The first-order chi connectivity index (χ1) is 12.3. The van der Waals surface area contributed by atoms with E-state index in [9.17, 15) is 24.0 Å². The minimum Gasteiger partial charge on any atom is -0.297 e. The van der Waals surface area contributed by atoms with Crippen LogP contribution in [0, 0.1) is 11.8 Å². The first-order valence-electron chi connectivity index (χ1n) is 9.14. The number of rotatable bonds is 5. The summed E-state index contributed by atoms with van der Waals surface area (Å²) < 4.78 is 0. The van der Waals surface area contributed by atoms with Crippen LogP contribution >= 0.6 is 0 Å². The summed E-state index contributed by atoms with van der Waals surface area (Å²) >= 11 is 0. The first kappa shape index (κ1) is 21.7. The Morgan fingerprint density at radius 3 is 1.85 bits per heavy atom. The molecule has 0 aromatic rings. The second-order valence-electron chi connectivity index (χ2n) is 6.43. The summed E-state index contributed by atoms with van der Waals surface area (Å²) in [4.78, 5) is 60.4. The van der Waals surface area contributed by atoms with Crippen molar-refractivity contribution < 1.29 is 24.0 Å². The molecule has 0 atom stereocenters. The van der Waals surface area contributed by atoms with Crippen LogP contribution in [-0.2, 0) is 24.0 Å². The van der Waals surface area contributed by atoms with E-state index in [1.807, 2.05) is 13.8 Å². The number of amides is 4. The van der Waals surface area contributed by atoms with Gasteiger partial charge in [-0.3, -0.25) is 33.8 Å². The Kier molecular flexibility index (Phi) is 8.35. The van der Waals surface area contributed by atoms with Crippen molar-refractivity contribution in [2.45, 2.75) is 53.4 Å². The molecule has 0 aromatic carbocycles. The molecule has 26 heavy (non-hydrogen) atoms. The fourth-order valence-corrected chi connectivity index (χ4v) is 3.27. The number of imide groups is 2. The van der Waals surface area contributed by atoms with Crippen LogP contribution in [-0.4, -0.2) is 52.3 Å². The summed E-state index contributed by atoms with van der Waals surface area (Å²) in [6.07, 6.45) is 5.33. The van der Waals surface area contributed by atoms with Crippen LogP contribution in [0.15, 0.2) is 12.2 Å². The van der Waals surface area contributed by atoms with Crippen LogP contribution in [0.4, 0.5) is 0 Å². The van der Waals surface area contributed by atoms with Crippen molar-refractivity contribution >= 4 is 29.4 Å². The molecule has 1 heterocycles. The molecule has 0 N–H and O–H groups in total. The lowest BCUT2D eigenvalue weighted by atomic mass is 9.79. The first-order valence-corrected chi connectivity index (χ1v) is 9.14. The number of ketones is 1. The average molecular weight is 364 g/mol. The maximum absolute atomic E-state index is 12.3. The standard InChI is InChI=1S/C17H22N2O5.C2H6/c1-11(20)18(12(2)21)10-15(22)14-5-3-13(4-6-14)9-19-16(23)7-8-17(19)24;1-2/h7-8,13-14H,3-6,9-10H2,1-2H3;1-2H3. The minimum absolute atomic E-state index is 0.103. The Balaban J connectivity index is 0.00000163. The van der Waals surface area contributed by atoms with Crippen molar-refractivity contribution in [2.24, 2.45) is 11.8 Å². The monoisotopic (exact) mass is 364 g/mol. The van der Waals surface area contributed by atoms with Gasteiger partial charge in [0.1, 0.15) is 0 Å². The third-order valence-electron chi connectivity index (χ3n) is 4.72. The molecular weight excluding hydrogens is 336 g/mol. The van der Waals surface area contributed by atoms with Crippen molar-refractivity contribution in [2.75, 3.05) is 13.1 Å². The van der Waals surface area contributed by atoms with Gasteiger partial charge in [0.2, 0.25) is 11.8 Å². The number of carbonyl (C=O) groups is 5. The number of nitrogens with zero attached hydrogens (tertiary/aromatic N) is 2. The Labute approximate surface area is 154 Å². The molecule has 0 aromatic heterocycles. The lowest BCUT2D eigenvalue weighted by Gasteiger charge is -2.30. The highest BCUT2D eigenvalue weighted by molar-refractivity contribution is 6.12. The summed E-state index contributed by atoms with van der Waals surface area (Å²) in [5.41, 5.74) is 0. The molecule has 0 spiro atoms. The van der Waals surface area contributed by atoms with Gasteiger partial charge in [0, 0.05) is 38.5 Å². The third-order valence-corrected chi connectivity index (χ3v) is 4.72. The number of hydrogen-bond acceptors (Lipinski definition) is 5. The lowest BCUT2D eigenvalue weighted by Crippen LogP contribution is -2.41. The molecular formula is C19H28N2O5. The third kappa shape index (κ3) is 5.61. The maximum atomic E-state index is 12.3. The normalized spacial score (nSPS) is 21.9. The summed E-state index contributed by atoms with van der Waals surface area (Å²) in [5, 5.41) is 0. The van der Waals surface area contributed by atoms with Crippen LogP contribution in [0.2, 0.25) is 0 Å². The Bertz CT molecular complexity index is 571. The van der Waals surface area contributed by atoms with Crippen molar-refractivity contribution in [3.8, 4) is 0 Å². The predicted molar refractivity (Wildman–Crippen MR) is 95.7 cm³/mol. The topological polar surface area (TPSA) is 91.8 Å². The summed E-state index contributed by atoms with van der Waals surface area (Å²) in [6.45, 7) is 6.75. The highest BCUT2D eigenvalue weighted by Gasteiger charge is 2.32. The van der Waals surface area contributed by atoms with Crippen molar-refractivity contribution in [1.82, 2.24) is 9.80 Å². The molecule has 7 nitrogen and oxygen atoms in total. The fourth-order valence-electron chi connectivity index (χ4n) is 3.27. The van der Waals surface area contributed by atoms with E-state index in [1.54, 1.807) is 0 Å². The van der Waals surface area contributed by atoms with Gasteiger partial charge < -0.3 is 0 Å². The molecule has 1 saturated carbocycles. The van der Waals surface area contributed by atoms with Gasteiger partial charge >= 0.3 is 0 Å². The second-order valence-corrected chi connectivity index (χ2v) is 6.43. The van der Waals surface area contributed by atoms with E-state index in [2.05, 4.69) is 0 Å². The van der Waals surface area contributed by atoms with Crippen LogP contribution in [0.3, 0.4) is 0 Å². The minimum atomic E-state index is -0.428. The highest BCUT2D eigenvalue weighted by atomic mass is 16.2. The van der Waals surface area contributed by atoms with Gasteiger partial charge in [-0.2, -0.15) is 0 Å². The average Bonchev–Trinajstić information content (AvgIpc) is 2.93. The molecule has 1 aliphatic heterocycles. The van der Waals surface area contributed by atoms with Gasteiger partial charge in [-0.1, -0.05) is 13.8 Å². The molecule has 4 amide bonds. The molecule has 0 radical (unpaired) electrons. The zero-order chi connectivity index (χ0) is 19.9. The van der Waals surface area contributed by atoms with Crippen LogP contribution in [0.25, 0.3) is 0 Å². The van der Waals surface area contributed by atoms with Crippen LogP contribution in [0.5, 0.6) is 0 Å². The van der Waals surface area contributed by atoms with Gasteiger partial charge in [0.05, 0.1) is 6.54 Å². The Morgan fingerprint density at radius 1 is 0.962 bits per heavy atom. The predicted octanol–water partition coefficient (Wildman–Crippen LogP) is 1.71. The summed E-state index contributed by atoms with van der Waals surface area (Å²) in [5.74, 6) is -1.50. The van der Waals surface area contributed by atoms with Crippen LogP contribution < -0.4 is 0 Å². The van der Waals surface area contributed by atoms with E-state index >= 15 is 0 Å². The molecule has 1 aliphatic carbocycles. The lowest BCUT2D eigenvalue weighted by molar-refractivity contribution is -0.146. The maximum Gasteiger partial charge on any atom is 0.253 e. The smallest absolute Gasteiger partial charge is 0.253 e. The molecule has 144 valence electrons. The quantitative estimate of drug-likeness (QED) is 0.693. The van der Waals surface area contributed by atoms with E-state index < -0.39 is 11.8 Å². The van der Waals surface area contributed by atoms with Crippen LogP contribution in [0.1, 0.15) is 53.4 Å². The van der Waals surface area contributed by atoms with Gasteiger partial charge in [0.25, 0.3) is 11.8 Å². The summed E-state index contributed by atoms with van der Waals surface area (Å²) in [6, 6.07) is 0. The number of carbonyl (C=O) groups excluding carboxylic acids is 5. The Hall–Kier alpha value is -2.31. The molecule has 0 unspecified atom stereocenters. The van der Waals surface area contributed by atoms with Crippen molar-refractivity contribution in [1.29, 1.82) is 0 Å². The summed E-state index contributed by atoms with van der Waals surface area (Å²) in [7, 11) is 0. The second kappa shape index (κ2) is 9.99. The van der Waals surface area contributed by atoms with Gasteiger partial charge in [-0.25, -0.2) is 0 Å². The molecule has 0 bridgehead atoms.